The van der Waals surface area contributed by atoms with Gasteiger partial charge in [-0.25, -0.2) is 9.97 Å². The van der Waals surface area contributed by atoms with Gasteiger partial charge in [-0.2, -0.15) is 0 Å². The maximum Gasteiger partial charge on any atom is 0.178 e. The van der Waals surface area contributed by atoms with Gasteiger partial charge in [0, 0.05) is 33.9 Å². The van der Waals surface area contributed by atoms with Crippen molar-refractivity contribution in [2.75, 3.05) is 0 Å². The number of hydrogen-bond acceptors (Lipinski definition) is 5. The van der Waals surface area contributed by atoms with Gasteiger partial charge in [0.2, 0.25) is 0 Å². The van der Waals surface area contributed by atoms with Crippen molar-refractivity contribution in [1.82, 2.24) is 15.0 Å². The van der Waals surface area contributed by atoms with Crippen LogP contribution in [0.3, 0.4) is 0 Å². The van der Waals surface area contributed by atoms with Gasteiger partial charge >= 0.3 is 0 Å². The van der Waals surface area contributed by atoms with Gasteiger partial charge in [-0.1, -0.05) is 117 Å². The van der Waals surface area contributed by atoms with Crippen LogP contribution in [-0.2, 0) is 5.41 Å². The molecule has 9 rings (SSSR count). The number of ether oxygens (including phenoxy) is 2. The third-order valence-electron chi connectivity index (χ3n) is 9.24. The Kier molecular flexibility index (Phi) is 6.09. The topological polar surface area (TPSA) is 57.1 Å². The molecule has 0 bridgehead atoms. The molecule has 0 unspecified atom stereocenters. The van der Waals surface area contributed by atoms with Crippen molar-refractivity contribution in [3.8, 4) is 79.3 Å². The number of hydrogen-bond donors (Lipinski definition) is 0. The summed E-state index contributed by atoms with van der Waals surface area (Å²) in [7, 11) is 0. The molecular formula is C42H29N3O2. The van der Waals surface area contributed by atoms with E-state index < -0.39 is 0 Å². The molecule has 2 aliphatic rings. The van der Waals surface area contributed by atoms with E-state index in [1.165, 1.54) is 16.7 Å². The lowest BCUT2D eigenvalue weighted by atomic mass is 9.82. The molecule has 2 aromatic heterocycles. The highest BCUT2D eigenvalue weighted by Crippen LogP contribution is 2.59. The molecule has 1 aliphatic heterocycles. The number of pyridine rings is 1. The highest BCUT2D eigenvalue weighted by Gasteiger charge is 2.39. The molecule has 0 radical (unpaired) electrons. The minimum Gasteiger partial charge on any atom is -0.449 e. The summed E-state index contributed by atoms with van der Waals surface area (Å²) in [6.45, 7) is 4.54. The second-order valence-electron chi connectivity index (χ2n) is 12.4. The van der Waals surface area contributed by atoms with Gasteiger partial charge in [-0.3, -0.25) is 4.98 Å². The summed E-state index contributed by atoms with van der Waals surface area (Å²) in [6, 6.07) is 45.2. The van der Waals surface area contributed by atoms with E-state index in [2.05, 4.69) is 91.6 Å². The number of fused-ring (bicyclic) bond motifs is 6. The first-order valence-corrected chi connectivity index (χ1v) is 15.8. The molecule has 0 atom stereocenters. The van der Waals surface area contributed by atoms with E-state index in [-0.39, 0.29) is 5.41 Å². The summed E-state index contributed by atoms with van der Waals surface area (Å²) in [5.74, 6) is 3.55. The van der Waals surface area contributed by atoms with Crippen LogP contribution in [-0.4, -0.2) is 15.0 Å². The first kappa shape index (κ1) is 27.3. The van der Waals surface area contributed by atoms with Gasteiger partial charge < -0.3 is 9.47 Å². The first-order valence-electron chi connectivity index (χ1n) is 15.8. The Morgan fingerprint density at radius 3 is 2.04 bits per heavy atom. The van der Waals surface area contributed by atoms with Crippen molar-refractivity contribution in [3.63, 3.8) is 0 Å². The van der Waals surface area contributed by atoms with E-state index in [1.807, 2.05) is 60.7 Å². The molecule has 1 aliphatic carbocycles. The standard InChI is InChI=1S/C42H29N3O2/c1-42(2)31-15-7-6-13-30(31)38-32(42)22-23-37-40(38)47-39-29(14-10-17-36(39)46-37)26-18-20-28(21-19-26)41-44-34(27-11-4-3-5-12-27)25-35(45-41)33-16-8-9-24-43-33/h3-25H,1-2H3. The van der Waals surface area contributed by atoms with Gasteiger partial charge in [-0.15, -0.1) is 0 Å². The van der Waals surface area contributed by atoms with Crippen molar-refractivity contribution in [2.24, 2.45) is 0 Å². The number of benzene rings is 5. The molecule has 0 amide bonds. The average molecular weight is 608 g/mol. The normalized spacial score (nSPS) is 13.4. The zero-order valence-corrected chi connectivity index (χ0v) is 25.9. The molecular weight excluding hydrogens is 578 g/mol. The molecule has 5 nitrogen and oxygen atoms in total. The van der Waals surface area contributed by atoms with E-state index in [0.29, 0.717) is 17.3 Å². The minimum atomic E-state index is -0.129. The second-order valence-corrected chi connectivity index (χ2v) is 12.4. The molecule has 7 aromatic rings. The van der Waals surface area contributed by atoms with E-state index in [1.54, 1.807) is 6.20 Å². The third-order valence-corrected chi connectivity index (χ3v) is 9.24. The Labute approximate surface area is 273 Å². The summed E-state index contributed by atoms with van der Waals surface area (Å²) < 4.78 is 13.3. The quantitative estimate of drug-likeness (QED) is 0.199. The maximum absolute atomic E-state index is 6.84. The molecule has 0 N–H and O–H groups in total. The lowest BCUT2D eigenvalue weighted by molar-refractivity contribution is 0.361. The highest BCUT2D eigenvalue weighted by atomic mass is 16.6. The predicted octanol–water partition coefficient (Wildman–Crippen LogP) is 10.7. The Morgan fingerprint density at radius 1 is 0.489 bits per heavy atom. The summed E-state index contributed by atoms with van der Waals surface area (Å²) in [5.41, 5.74) is 11.0. The van der Waals surface area contributed by atoms with Gasteiger partial charge in [0.15, 0.2) is 28.8 Å². The molecule has 5 heteroatoms. The molecule has 0 saturated heterocycles. The van der Waals surface area contributed by atoms with Crippen LogP contribution in [0.15, 0.2) is 140 Å². The number of rotatable bonds is 4. The Hall–Kier alpha value is -6.07. The lowest BCUT2D eigenvalue weighted by Crippen LogP contribution is -2.15. The van der Waals surface area contributed by atoms with E-state index in [9.17, 15) is 0 Å². The van der Waals surface area contributed by atoms with Crippen molar-refractivity contribution >= 4 is 0 Å². The average Bonchev–Trinajstić information content (AvgIpc) is 3.37. The van der Waals surface area contributed by atoms with E-state index in [0.717, 1.165) is 56.4 Å². The zero-order chi connectivity index (χ0) is 31.5. The van der Waals surface area contributed by atoms with Crippen molar-refractivity contribution in [1.29, 1.82) is 0 Å². The monoisotopic (exact) mass is 607 g/mol. The Morgan fingerprint density at radius 2 is 1.21 bits per heavy atom. The third kappa shape index (κ3) is 4.43. The fourth-order valence-corrected chi connectivity index (χ4v) is 6.85. The Bertz CT molecular complexity index is 2260. The van der Waals surface area contributed by atoms with Crippen LogP contribution < -0.4 is 9.47 Å². The molecule has 0 fully saturated rings. The summed E-state index contributed by atoms with van der Waals surface area (Å²) >= 11 is 0. The number of nitrogens with zero attached hydrogens (tertiary/aromatic N) is 3. The van der Waals surface area contributed by atoms with Crippen molar-refractivity contribution < 1.29 is 9.47 Å². The lowest BCUT2D eigenvalue weighted by Gasteiger charge is -2.26. The van der Waals surface area contributed by atoms with Crippen LogP contribution in [0.2, 0.25) is 0 Å². The van der Waals surface area contributed by atoms with Crippen molar-refractivity contribution in [2.45, 2.75) is 19.3 Å². The molecule has 47 heavy (non-hydrogen) atoms. The van der Waals surface area contributed by atoms with Gasteiger partial charge in [-0.05, 0) is 52.6 Å². The van der Waals surface area contributed by atoms with Gasteiger partial charge in [0.25, 0.3) is 0 Å². The molecule has 3 heterocycles. The van der Waals surface area contributed by atoms with Crippen LogP contribution in [0, 0.1) is 0 Å². The second kappa shape index (κ2) is 10.5. The van der Waals surface area contributed by atoms with Crippen LogP contribution in [0.5, 0.6) is 23.0 Å². The first-order chi connectivity index (χ1) is 23.0. The fourth-order valence-electron chi connectivity index (χ4n) is 6.85. The summed E-state index contributed by atoms with van der Waals surface area (Å²) in [4.78, 5) is 14.5. The summed E-state index contributed by atoms with van der Waals surface area (Å²) in [5, 5.41) is 0. The zero-order valence-electron chi connectivity index (χ0n) is 25.9. The molecule has 5 aromatic carbocycles. The van der Waals surface area contributed by atoms with E-state index in [4.69, 9.17) is 19.4 Å². The molecule has 224 valence electrons. The Balaban J connectivity index is 1.11. The summed E-state index contributed by atoms with van der Waals surface area (Å²) in [6.07, 6.45) is 1.78. The smallest absolute Gasteiger partial charge is 0.178 e. The number of aromatic nitrogens is 3. The predicted molar refractivity (Wildman–Crippen MR) is 186 cm³/mol. The highest BCUT2D eigenvalue weighted by molar-refractivity contribution is 5.89. The maximum atomic E-state index is 6.84. The van der Waals surface area contributed by atoms with Crippen LogP contribution in [0.1, 0.15) is 25.0 Å². The van der Waals surface area contributed by atoms with Crippen LogP contribution in [0.25, 0.3) is 56.3 Å². The van der Waals surface area contributed by atoms with Crippen LogP contribution >= 0.6 is 0 Å². The SMILES string of the molecule is CC1(C)c2ccccc2-c2c1ccc1c2Oc2c(cccc2-c2ccc(-c3nc(-c4ccccc4)cc(-c4ccccn4)n3)cc2)O1. The van der Waals surface area contributed by atoms with Gasteiger partial charge in [0.05, 0.1) is 17.1 Å². The minimum absolute atomic E-state index is 0.129. The molecule has 0 spiro atoms. The fraction of sp³-hybridized carbons (Fsp3) is 0.0714. The number of para-hydroxylation sites is 1. The largest absolute Gasteiger partial charge is 0.449 e. The van der Waals surface area contributed by atoms with E-state index >= 15 is 0 Å². The van der Waals surface area contributed by atoms with Crippen molar-refractivity contribution in [3.05, 3.63) is 151 Å². The molecule has 0 saturated carbocycles. The van der Waals surface area contributed by atoms with Crippen LogP contribution in [0.4, 0.5) is 0 Å². The van der Waals surface area contributed by atoms with Gasteiger partial charge in [0.1, 0.15) is 0 Å².